The van der Waals surface area contributed by atoms with Crippen LogP contribution in [0.5, 0.6) is 0 Å². The molecule has 0 bridgehead atoms. The molecule has 0 fully saturated rings. The fraction of sp³-hybridized carbons (Fsp3) is 0.111. The molecular formula is C9H8ClNO. The summed E-state index contributed by atoms with van der Waals surface area (Å²) in [6.45, 7) is 1.90. The average molecular weight is 182 g/mol. The van der Waals surface area contributed by atoms with E-state index in [0.29, 0.717) is 0 Å². The zero-order chi connectivity index (χ0) is 8.97. The summed E-state index contributed by atoms with van der Waals surface area (Å²) in [7, 11) is 0. The molecule has 0 aliphatic rings. The van der Waals surface area contributed by atoms with Crippen molar-refractivity contribution in [3.63, 3.8) is 0 Å². The highest BCUT2D eigenvalue weighted by atomic mass is 35.5. The van der Waals surface area contributed by atoms with Gasteiger partial charge in [0.2, 0.25) is 5.24 Å². The van der Waals surface area contributed by atoms with Crippen LogP contribution in [0.25, 0.3) is 6.08 Å². The molecule has 2 nitrogen and oxygen atoms in total. The van der Waals surface area contributed by atoms with E-state index >= 15 is 0 Å². The molecule has 1 rings (SSSR count). The van der Waals surface area contributed by atoms with E-state index in [-0.39, 0.29) is 0 Å². The average Bonchev–Trinajstić information content (AvgIpc) is 2.03. The van der Waals surface area contributed by atoms with Gasteiger partial charge >= 0.3 is 0 Å². The molecule has 0 radical (unpaired) electrons. The van der Waals surface area contributed by atoms with Crippen molar-refractivity contribution >= 4 is 22.9 Å². The lowest BCUT2D eigenvalue weighted by Gasteiger charge is -1.92. The molecule has 0 spiro atoms. The van der Waals surface area contributed by atoms with Gasteiger partial charge in [0, 0.05) is 11.9 Å². The lowest BCUT2D eigenvalue weighted by Crippen LogP contribution is -1.81. The lowest BCUT2D eigenvalue weighted by molar-refractivity contribution is -0.107. The van der Waals surface area contributed by atoms with Gasteiger partial charge in [-0.2, -0.15) is 0 Å². The van der Waals surface area contributed by atoms with Crippen LogP contribution >= 0.6 is 11.6 Å². The molecule has 0 saturated heterocycles. The van der Waals surface area contributed by atoms with Crippen LogP contribution in [0.3, 0.4) is 0 Å². The number of carbonyl (C=O) groups is 1. The second-order valence-electron chi connectivity index (χ2n) is 2.37. The van der Waals surface area contributed by atoms with E-state index in [4.69, 9.17) is 11.6 Å². The van der Waals surface area contributed by atoms with Gasteiger partial charge in [0.25, 0.3) is 0 Å². The summed E-state index contributed by atoms with van der Waals surface area (Å²) in [5.74, 6) is 0. The fourth-order valence-corrected chi connectivity index (χ4v) is 0.803. The van der Waals surface area contributed by atoms with Gasteiger partial charge < -0.3 is 0 Å². The number of pyridine rings is 1. The van der Waals surface area contributed by atoms with Crippen molar-refractivity contribution < 1.29 is 4.79 Å². The molecule has 0 unspecified atom stereocenters. The number of allylic oxidation sites excluding steroid dienone is 1. The number of aryl methyl sites for hydroxylation is 1. The molecule has 0 aliphatic heterocycles. The Bertz CT molecular complexity index is 303. The number of hydrogen-bond donors (Lipinski definition) is 0. The monoisotopic (exact) mass is 181 g/mol. The number of hydrogen-bond acceptors (Lipinski definition) is 2. The maximum Gasteiger partial charge on any atom is 0.245 e. The molecule has 1 heterocycles. The van der Waals surface area contributed by atoms with Crippen molar-refractivity contribution in [1.82, 2.24) is 4.98 Å². The minimum Gasteiger partial charge on any atom is -0.276 e. The second kappa shape index (κ2) is 4.02. The predicted octanol–water partition coefficient (Wildman–Crippen LogP) is 2.17. The Morgan fingerprint density at radius 3 is 2.83 bits per heavy atom. The van der Waals surface area contributed by atoms with Crippen molar-refractivity contribution in [2.24, 2.45) is 0 Å². The summed E-state index contributed by atoms with van der Waals surface area (Å²) in [5.41, 5.74) is 1.82. The molecule has 0 N–H and O–H groups in total. The van der Waals surface area contributed by atoms with Crippen molar-refractivity contribution in [2.45, 2.75) is 6.92 Å². The van der Waals surface area contributed by atoms with E-state index in [1.807, 2.05) is 19.1 Å². The first-order valence-corrected chi connectivity index (χ1v) is 3.86. The number of rotatable bonds is 2. The van der Waals surface area contributed by atoms with Gasteiger partial charge in [-0.15, -0.1) is 0 Å². The molecule has 0 amide bonds. The van der Waals surface area contributed by atoms with Crippen LogP contribution in [0.4, 0.5) is 0 Å². The van der Waals surface area contributed by atoms with E-state index in [1.165, 1.54) is 6.08 Å². The van der Waals surface area contributed by atoms with E-state index in [2.05, 4.69) is 4.98 Å². The highest BCUT2D eigenvalue weighted by molar-refractivity contribution is 6.66. The van der Waals surface area contributed by atoms with Gasteiger partial charge in [0.15, 0.2) is 0 Å². The summed E-state index contributed by atoms with van der Waals surface area (Å²) in [6.07, 6.45) is 4.61. The van der Waals surface area contributed by atoms with Crippen LogP contribution in [-0.4, -0.2) is 10.2 Å². The van der Waals surface area contributed by atoms with E-state index in [1.54, 1.807) is 12.3 Å². The van der Waals surface area contributed by atoms with Crippen LogP contribution in [0.1, 0.15) is 11.3 Å². The van der Waals surface area contributed by atoms with E-state index < -0.39 is 5.24 Å². The van der Waals surface area contributed by atoms with Crippen molar-refractivity contribution in [3.8, 4) is 0 Å². The maximum atomic E-state index is 10.3. The summed E-state index contributed by atoms with van der Waals surface area (Å²) >= 11 is 5.11. The maximum absolute atomic E-state index is 10.3. The Morgan fingerprint density at radius 2 is 2.33 bits per heavy atom. The third-order valence-corrected chi connectivity index (χ3v) is 1.47. The third-order valence-electron chi connectivity index (χ3n) is 1.34. The smallest absolute Gasteiger partial charge is 0.245 e. The van der Waals surface area contributed by atoms with Crippen LogP contribution in [0.15, 0.2) is 24.4 Å². The molecule has 62 valence electrons. The van der Waals surface area contributed by atoms with Gasteiger partial charge in [-0.05, 0) is 42.3 Å². The first kappa shape index (κ1) is 8.94. The first-order chi connectivity index (χ1) is 5.68. The molecule has 0 atom stereocenters. The lowest BCUT2D eigenvalue weighted by atomic mass is 10.2. The first-order valence-electron chi connectivity index (χ1n) is 3.48. The summed E-state index contributed by atoms with van der Waals surface area (Å²) in [5, 5.41) is -0.476. The van der Waals surface area contributed by atoms with Crippen LogP contribution in [0.2, 0.25) is 0 Å². The van der Waals surface area contributed by atoms with Gasteiger partial charge in [0.05, 0.1) is 0 Å². The zero-order valence-corrected chi connectivity index (χ0v) is 7.38. The standard InChI is InChI=1S/C9H8ClNO/c1-7-2-3-8(6-11-7)4-5-9(10)12/h2-6H,1H3. The quantitative estimate of drug-likeness (QED) is 0.517. The Balaban J connectivity index is 2.77. The number of nitrogens with zero attached hydrogens (tertiary/aromatic N) is 1. The van der Waals surface area contributed by atoms with Gasteiger partial charge in [0.1, 0.15) is 0 Å². The van der Waals surface area contributed by atoms with E-state index in [0.717, 1.165) is 11.3 Å². The molecule has 3 heteroatoms. The Hall–Kier alpha value is -1.15. The summed E-state index contributed by atoms with van der Waals surface area (Å²) < 4.78 is 0. The predicted molar refractivity (Wildman–Crippen MR) is 48.9 cm³/mol. The highest BCUT2D eigenvalue weighted by Crippen LogP contribution is 2.01. The largest absolute Gasteiger partial charge is 0.276 e. The van der Waals surface area contributed by atoms with Crippen LogP contribution < -0.4 is 0 Å². The molecule has 0 aromatic carbocycles. The Labute approximate surface area is 75.9 Å². The third kappa shape index (κ3) is 2.84. The summed E-state index contributed by atoms with van der Waals surface area (Å²) in [4.78, 5) is 14.4. The summed E-state index contributed by atoms with van der Waals surface area (Å²) in [6, 6.07) is 3.75. The molecule has 12 heavy (non-hydrogen) atoms. The molecule has 0 aliphatic carbocycles. The topological polar surface area (TPSA) is 30.0 Å². The van der Waals surface area contributed by atoms with E-state index in [9.17, 15) is 4.79 Å². The SMILES string of the molecule is Cc1ccc(C=CC(=O)Cl)cn1. The Morgan fingerprint density at radius 1 is 1.58 bits per heavy atom. The minimum atomic E-state index is -0.476. The number of aromatic nitrogens is 1. The fourth-order valence-electron chi connectivity index (χ4n) is 0.740. The van der Waals surface area contributed by atoms with Crippen molar-refractivity contribution in [3.05, 3.63) is 35.7 Å². The van der Waals surface area contributed by atoms with Gasteiger partial charge in [-0.1, -0.05) is 6.07 Å². The normalized spacial score (nSPS) is 10.5. The highest BCUT2D eigenvalue weighted by Gasteiger charge is 1.89. The molecule has 1 aromatic rings. The minimum absolute atomic E-state index is 0.476. The van der Waals surface area contributed by atoms with Gasteiger partial charge in [-0.25, -0.2) is 0 Å². The molecular weight excluding hydrogens is 174 g/mol. The second-order valence-corrected chi connectivity index (χ2v) is 2.74. The number of carbonyl (C=O) groups excluding carboxylic acids is 1. The zero-order valence-electron chi connectivity index (χ0n) is 6.62. The van der Waals surface area contributed by atoms with Gasteiger partial charge in [-0.3, -0.25) is 9.78 Å². The van der Waals surface area contributed by atoms with Crippen LogP contribution in [0, 0.1) is 6.92 Å². The Kier molecular flexibility index (Phi) is 3.00. The van der Waals surface area contributed by atoms with Crippen LogP contribution in [-0.2, 0) is 4.79 Å². The van der Waals surface area contributed by atoms with Crippen molar-refractivity contribution in [1.29, 1.82) is 0 Å². The molecule has 1 aromatic heterocycles. The van der Waals surface area contributed by atoms with Crippen molar-refractivity contribution in [2.75, 3.05) is 0 Å². The number of halogens is 1. The molecule has 0 saturated carbocycles.